The third kappa shape index (κ3) is 3.91. The monoisotopic (exact) mass is 376 g/mol. The second-order valence-corrected chi connectivity index (χ2v) is 7.51. The van der Waals surface area contributed by atoms with Gasteiger partial charge in [-0.3, -0.25) is 14.9 Å². The number of carboxylic acid groups (broad SMARTS) is 1. The molecule has 7 heteroatoms. The summed E-state index contributed by atoms with van der Waals surface area (Å²) in [4.78, 5) is 29.3. The molecule has 1 atom stereocenters. The summed E-state index contributed by atoms with van der Waals surface area (Å²) in [5.74, 6) is -2.10. The molecule has 0 spiro atoms. The Labute approximate surface area is 154 Å². The van der Waals surface area contributed by atoms with Gasteiger partial charge in [-0.2, -0.15) is 0 Å². The quantitative estimate of drug-likeness (QED) is 0.822. The number of hydrogen-bond acceptors (Lipinski definition) is 4. The summed E-state index contributed by atoms with van der Waals surface area (Å²) in [5.41, 5.74) is 1.95. The van der Waals surface area contributed by atoms with Crippen molar-refractivity contribution in [2.45, 2.75) is 26.2 Å². The topological polar surface area (TPSA) is 79.3 Å². The number of carbonyl (C=O) groups is 2. The summed E-state index contributed by atoms with van der Waals surface area (Å²) >= 11 is 7.38. The van der Waals surface area contributed by atoms with Crippen molar-refractivity contribution in [2.75, 3.05) is 5.32 Å². The summed E-state index contributed by atoms with van der Waals surface area (Å²) in [7, 11) is 0. The predicted molar refractivity (Wildman–Crippen MR) is 99.0 cm³/mol. The minimum Gasteiger partial charge on any atom is -0.481 e. The van der Waals surface area contributed by atoms with E-state index in [-0.39, 0.29) is 0 Å². The van der Waals surface area contributed by atoms with Gasteiger partial charge < -0.3 is 5.11 Å². The maximum Gasteiger partial charge on any atom is 0.311 e. The van der Waals surface area contributed by atoms with Gasteiger partial charge in [0.2, 0.25) is 0 Å². The highest BCUT2D eigenvalue weighted by Gasteiger charge is 2.29. The van der Waals surface area contributed by atoms with Crippen molar-refractivity contribution in [1.82, 2.24) is 4.98 Å². The predicted octanol–water partition coefficient (Wildman–Crippen LogP) is 4.52. The lowest BCUT2D eigenvalue weighted by atomic mass is 9.87. The Morgan fingerprint density at radius 3 is 2.92 bits per heavy atom. The summed E-state index contributed by atoms with van der Waals surface area (Å²) in [6.45, 7) is 1.92. The number of nitrogens with zero attached hydrogens (tertiary/aromatic N) is 1. The lowest BCUT2D eigenvalue weighted by Crippen LogP contribution is -2.27. The van der Waals surface area contributed by atoms with Crippen LogP contribution >= 0.6 is 22.9 Å². The first-order chi connectivity index (χ1) is 12.0. The van der Waals surface area contributed by atoms with E-state index in [1.54, 1.807) is 12.1 Å². The number of amides is 1. The Morgan fingerprint density at radius 1 is 1.40 bits per heavy atom. The smallest absolute Gasteiger partial charge is 0.311 e. The molecule has 1 heterocycles. The van der Waals surface area contributed by atoms with Crippen LogP contribution in [0.2, 0.25) is 5.02 Å². The molecule has 1 aliphatic rings. The van der Waals surface area contributed by atoms with Gasteiger partial charge in [0, 0.05) is 21.0 Å². The van der Waals surface area contributed by atoms with Gasteiger partial charge in [-0.05, 0) is 38.3 Å². The molecule has 25 heavy (non-hydrogen) atoms. The van der Waals surface area contributed by atoms with Crippen LogP contribution in [0, 0.1) is 12.8 Å². The number of rotatable bonds is 4. The molecule has 0 saturated carbocycles. The molecule has 0 saturated heterocycles. The molecule has 1 aromatic carbocycles. The Balaban J connectivity index is 1.82. The van der Waals surface area contributed by atoms with Crippen LogP contribution in [0.1, 0.15) is 24.1 Å². The summed E-state index contributed by atoms with van der Waals surface area (Å²) in [5, 5.41) is 13.1. The number of halogens is 1. The van der Waals surface area contributed by atoms with Gasteiger partial charge in [-0.25, -0.2) is 4.98 Å². The van der Waals surface area contributed by atoms with Gasteiger partial charge in [0.05, 0.1) is 11.6 Å². The maximum absolute atomic E-state index is 12.5. The molecule has 1 unspecified atom stereocenters. The third-order valence-electron chi connectivity index (χ3n) is 4.11. The molecule has 2 N–H and O–H groups in total. The van der Waals surface area contributed by atoms with Gasteiger partial charge in [-0.1, -0.05) is 29.8 Å². The van der Waals surface area contributed by atoms with E-state index in [1.807, 2.05) is 25.1 Å². The number of carboxylic acids is 1. The number of nitrogens with one attached hydrogen (secondary N) is 1. The number of aryl methyl sites for hydroxylation is 1. The van der Waals surface area contributed by atoms with Crippen LogP contribution in [-0.2, 0) is 9.59 Å². The minimum atomic E-state index is -0.962. The van der Waals surface area contributed by atoms with Gasteiger partial charge in [-0.15, -0.1) is 11.3 Å². The minimum absolute atomic E-state index is 0.316. The van der Waals surface area contributed by atoms with Gasteiger partial charge in [0.15, 0.2) is 5.13 Å². The molecule has 3 rings (SSSR count). The Bertz CT molecular complexity index is 860. The SMILES string of the molecule is Cc1sc(NC(=O)C2=CCCCC2C(=O)O)nc1-c1cccc(Cl)c1. The molecular weight excluding hydrogens is 360 g/mol. The van der Waals surface area contributed by atoms with Crippen molar-refractivity contribution in [3.05, 3.63) is 45.8 Å². The number of allylic oxidation sites excluding steroid dienone is 1. The molecule has 1 amide bonds. The van der Waals surface area contributed by atoms with E-state index in [4.69, 9.17) is 11.6 Å². The molecule has 5 nitrogen and oxygen atoms in total. The molecule has 0 bridgehead atoms. The van der Waals surface area contributed by atoms with Crippen LogP contribution in [0.4, 0.5) is 5.13 Å². The standard InChI is InChI=1S/C18H17ClN2O3S/c1-10-15(11-5-4-6-12(19)9-11)20-18(25-10)21-16(22)13-7-2-3-8-14(13)17(23)24/h4-7,9,14H,2-3,8H2,1H3,(H,23,24)(H,20,21,22). The van der Waals surface area contributed by atoms with Crippen molar-refractivity contribution in [3.63, 3.8) is 0 Å². The van der Waals surface area contributed by atoms with E-state index in [1.165, 1.54) is 11.3 Å². The number of anilines is 1. The lowest BCUT2D eigenvalue weighted by Gasteiger charge is -2.19. The molecule has 0 aliphatic heterocycles. The lowest BCUT2D eigenvalue weighted by molar-refractivity contribution is -0.141. The molecule has 2 aromatic rings. The average molecular weight is 377 g/mol. The van der Waals surface area contributed by atoms with Crippen LogP contribution in [0.3, 0.4) is 0 Å². The zero-order valence-corrected chi connectivity index (χ0v) is 15.2. The van der Waals surface area contributed by atoms with E-state index < -0.39 is 17.8 Å². The van der Waals surface area contributed by atoms with Crippen LogP contribution in [0.5, 0.6) is 0 Å². The van der Waals surface area contributed by atoms with Crippen LogP contribution in [0.15, 0.2) is 35.9 Å². The molecule has 0 radical (unpaired) electrons. The van der Waals surface area contributed by atoms with Gasteiger partial charge in [0.1, 0.15) is 0 Å². The van der Waals surface area contributed by atoms with Crippen molar-refractivity contribution in [3.8, 4) is 11.3 Å². The van der Waals surface area contributed by atoms with E-state index in [0.717, 1.165) is 29.0 Å². The van der Waals surface area contributed by atoms with Crippen molar-refractivity contribution < 1.29 is 14.7 Å². The number of hydrogen-bond donors (Lipinski definition) is 2. The second kappa shape index (κ2) is 7.37. The van der Waals surface area contributed by atoms with Crippen molar-refractivity contribution in [2.24, 2.45) is 5.92 Å². The van der Waals surface area contributed by atoms with Gasteiger partial charge >= 0.3 is 5.97 Å². The van der Waals surface area contributed by atoms with Crippen LogP contribution in [0.25, 0.3) is 11.3 Å². The fraction of sp³-hybridized carbons (Fsp3) is 0.278. The van der Waals surface area contributed by atoms with Crippen LogP contribution in [-0.4, -0.2) is 22.0 Å². The Morgan fingerprint density at radius 2 is 2.20 bits per heavy atom. The molecule has 130 valence electrons. The highest BCUT2D eigenvalue weighted by Crippen LogP contribution is 2.32. The van der Waals surface area contributed by atoms with Crippen LogP contribution < -0.4 is 5.32 Å². The normalized spacial score (nSPS) is 17.0. The maximum atomic E-state index is 12.5. The van der Waals surface area contributed by atoms with E-state index in [9.17, 15) is 14.7 Å². The molecule has 1 aromatic heterocycles. The zero-order valence-electron chi connectivity index (χ0n) is 13.6. The summed E-state index contributed by atoms with van der Waals surface area (Å²) in [6, 6.07) is 7.36. The van der Waals surface area contributed by atoms with E-state index >= 15 is 0 Å². The third-order valence-corrected chi connectivity index (χ3v) is 5.23. The van der Waals surface area contributed by atoms with Crippen molar-refractivity contribution in [1.29, 1.82) is 0 Å². The largest absolute Gasteiger partial charge is 0.481 e. The molecular formula is C18H17ClN2O3S. The second-order valence-electron chi connectivity index (χ2n) is 5.87. The molecule has 0 fully saturated rings. The number of benzene rings is 1. The first-order valence-corrected chi connectivity index (χ1v) is 9.12. The fourth-order valence-electron chi connectivity index (χ4n) is 2.91. The highest BCUT2D eigenvalue weighted by molar-refractivity contribution is 7.16. The fourth-order valence-corrected chi connectivity index (χ4v) is 3.93. The zero-order chi connectivity index (χ0) is 18.0. The number of thiazole rings is 1. The summed E-state index contributed by atoms with van der Waals surface area (Å²) in [6.07, 6.45) is 3.70. The summed E-state index contributed by atoms with van der Waals surface area (Å²) < 4.78 is 0. The highest BCUT2D eigenvalue weighted by atomic mass is 35.5. The number of aromatic nitrogens is 1. The first-order valence-electron chi connectivity index (χ1n) is 7.93. The number of aliphatic carboxylic acids is 1. The first kappa shape index (κ1) is 17.6. The number of carbonyl (C=O) groups excluding carboxylic acids is 1. The average Bonchev–Trinajstić information content (AvgIpc) is 2.95. The van der Waals surface area contributed by atoms with Crippen molar-refractivity contribution >= 4 is 39.9 Å². The van der Waals surface area contributed by atoms with E-state index in [2.05, 4.69) is 10.3 Å². The Kier molecular flexibility index (Phi) is 5.20. The van der Waals surface area contributed by atoms with E-state index in [0.29, 0.717) is 22.1 Å². The van der Waals surface area contributed by atoms with Gasteiger partial charge in [0.25, 0.3) is 5.91 Å². The molecule has 1 aliphatic carbocycles. The Hall–Kier alpha value is -2.18.